The fourth-order valence-electron chi connectivity index (χ4n) is 3.35. The first-order chi connectivity index (χ1) is 11.1. The molecule has 0 aromatic heterocycles. The van der Waals surface area contributed by atoms with E-state index in [0.29, 0.717) is 6.42 Å². The lowest BCUT2D eigenvalue weighted by Gasteiger charge is -2.32. The summed E-state index contributed by atoms with van der Waals surface area (Å²) in [5, 5.41) is 2.78. The number of nitrogens with one attached hydrogen (secondary N) is 1. The highest BCUT2D eigenvalue weighted by atomic mass is 16.2. The van der Waals surface area contributed by atoms with Crippen molar-refractivity contribution in [1.82, 2.24) is 15.1 Å². The van der Waals surface area contributed by atoms with Crippen LogP contribution in [0.15, 0.2) is 0 Å². The van der Waals surface area contributed by atoms with Gasteiger partial charge in [-0.15, -0.1) is 0 Å². The van der Waals surface area contributed by atoms with E-state index in [4.69, 9.17) is 0 Å². The van der Waals surface area contributed by atoms with Crippen molar-refractivity contribution < 1.29 is 14.4 Å². The molecule has 0 aromatic carbocycles. The van der Waals surface area contributed by atoms with Crippen LogP contribution in [0.1, 0.15) is 73.6 Å². The monoisotopic (exact) mass is 339 g/mol. The van der Waals surface area contributed by atoms with Crippen LogP contribution in [0.5, 0.6) is 0 Å². The van der Waals surface area contributed by atoms with E-state index >= 15 is 0 Å². The quantitative estimate of drug-likeness (QED) is 0.519. The number of unbranched alkanes of at least 4 members (excludes halogenated alkanes) is 3. The minimum atomic E-state index is -0.883. The average molecular weight is 339 g/mol. The Balaban J connectivity index is 2.74. The lowest BCUT2D eigenvalue weighted by molar-refractivity contribution is -0.141. The van der Waals surface area contributed by atoms with Gasteiger partial charge in [0.1, 0.15) is 12.1 Å². The van der Waals surface area contributed by atoms with Crippen molar-refractivity contribution in [3.8, 4) is 0 Å². The molecule has 24 heavy (non-hydrogen) atoms. The van der Waals surface area contributed by atoms with Crippen molar-refractivity contribution in [2.24, 2.45) is 0 Å². The molecule has 1 N–H and O–H groups in total. The van der Waals surface area contributed by atoms with E-state index in [-0.39, 0.29) is 30.4 Å². The highest BCUT2D eigenvalue weighted by Crippen LogP contribution is 2.24. The molecule has 0 aliphatic carbocycles. The minimum Gasteiger partial charge on any atom is -0.336 e. The minimum absolute atomic E-state index is 0.0266. The molecule has 138 valence electrons. The maximum atomic E-state index is 12.7. The van der Waals surface area contributed by atoms with Gasteiger partial charge >= 0.3 is 6.03 Å². The molecule has 0 bridgehead atoms. The van der Waals surface area contributed by atoms with Crippen LogP contribution in [-0.4, -0.2) is 51.8 Å². The van der Waals surface area contributed by atoms with Crippen molar-refractivity contribution in [2.45, 2.75) is 91.3 Å². The lowest BCUT2D eigenvalue weighted by Crippen LogP contribution is -2.49. The molecule has 0 aromatic rings. The van der Waals surface area contributed by atoms with Crippen LogP contribution in [0.2, 0.25) is 0 Å². The Labute approximate surface area is 145 Å². The molecule has 4 amide bonds. The summed E-state index contributed by atoms with van der Waals surface area (Å²) in [5.41, 5.74) is -0.883. The van der Waals surface area contributed by atoms with Gasteiger partial charge < -0.3 is 10.2 Å². The number of carbonyl (C=O) groups is 3. The largest absolute Gasteiger partial charge is 0.336 e. The summed E-state index contributed by atoms with van der Waals surface area (Å²) < 4.78 is 0. The van der Waals surface area contributed by atoms with Gasteiger partial charge in [0, 0.05) is 12.1 Å². The van der Waals surface area contributed by atoms with Crippen LogP contribution in [0.25, 0.3) is 0 Å². The van der Waals surface area contributed by atoms with Gasteiger partial charge in [-0.2, -0.15) is 0 Å². The second kappa shape index (κ2) is 8.49. The molecule has 6 heteroatoms. The number of hydrogen-bond donors (Lipinski definition) is 1. The van der Waals surface area contributed by atoms with Crippen molar-refractivity contribution in [1.29, 1.82) is 0 Å². The number of nitrogens with zero attached hydrogens (tertiary/aromatic N) is 2. The van der Waals surface area contributed by atoms with Crippen molar-refractivity contribution in [3.63, 3.8) is 0 Å². The molecule has 0 radical (unpaired) electrons. The van der Waals surface area contributed by atoms with Crippen molar-refractivity contribution in [2.75, 3.05) is 6.54 Å². The van der Waals surface area contributed by atoms with Gasteiger partial charge in [0.2, 0.25) is 5.91 Å². The smallest absolute Gasteiger partial charge is 0.325 e. The van der Waals surface area contributed by atoms with Crippen LogP contribution >= 0.6 is 0 Å². The molecule has 1 heterocycles. The molecular formula is C18H33N3O3. The molecule has 0 spiro atoms. The van der Waals surface area contributed by atoms with Crippen LogP contribution in [0, 0.1) is 0 Å². The molecular weight excluding hydrogens is 306 g/mol. The highest BCUT2D eigenvalue weighted by Gasteiger charge is 2.48. The molecule has 1 atom stereocenters. The molecule has 1 aliphatic rings. The van der Waals surface area contributed by atoms with Crippen molar-refractivity contribution in [3.05, 3.63) is 0 Å². The van der Waals surface area contributed by atoms with E-state index in [1.165, 1.54) is 0 Å². The Kier molecular flexibility index (Phi) is 7.24. The molecule has 1 saturated heterocycles. The molecule has 1 rings (SSSR count). The van der Waals surface area contributed by atoms with E-state index in [0.717, 1.165) is 30.6 Å². The number of carbonyl (C=O) groups excluding carboxylic acids is 3. The highest BCUT2D eigenvalue weighted by molar-refractivity contribution is 6.08. The van der Waals surface area contributed by atoms with Gasteiger partial charge in [-0.1, -0.05) is 32.6 Å². The summed E-state index contributed by atoms with van der Waals surface area (Å²) in [7, 11) is 0. The van der Waals surface area contributed by atoms with Gasteiger partial charge in [-0.05, 0) is 41.0 Å². The van der Waals surface area contributed by atoms with Gasteiger partial charge in [0.05, 0.1) is 0 Å². The second-order valence-corrected chi connectivity index (χ2v) is 7.45. The van der Waals surface area contributed by atoms with E-state index in [9.17, 15) is 14.4 Å². The van der Waals surface area contributed by atoms with E-state index in [1.807, 2.05) is 27.7 Å². The first-order valence-electron chi connectivity index (χ1n) is 9.09. The number of imide groups is 1. The normalized spacial score (nSPS) is 20.9. The zero-order valence-corrected chi connectivity index (χ0v) is 16.0. The van der Waals surface area contributed by atoms with Gasteiger partial charge in [-0.25, -0.2) is 4.79 Å². The third-order valence-electron chi connectivity index (χ3n) is 4.57. The van der Waals surface area contributed by atoms with Gasteiger partial charge in [0.15, 0.2) is 0 Å². The Morgan fingerprint density at radius 3 is 2.21 bits per heavy atom. The zero-order valence-electron chi connectivity index (χ0n) is 16.0. The second-order valence-electron chi connectivity index (χ2n) is 7.45. The number of hydrogen-bond acceptors (Lipinski definition) is 3. The fraction of sp³-hybridized carbons (Fsp3) is 0.833. The summed E-state index contributed by atoms with van der Waals surface area (Å²) in [6, 6.07) is -0.406. The molecule has 6 nitrogen and oxygen atoms in total. The lowest BCUT2D eigenvalue weighted by atomic mass is 9.94. The Morgan fingerprint density at radius 2 is 1.71 bits per heavy atom. The first-order valence-corrected chi connectivity index (χ1v) is 9.09. The Hall–Kier alpha value is -1.59. The predicted octanol–water partition coefficient (Wildman–Crippen LogP) is 2.91. The maximum Gasteiger partial charge on any atom is 0.325 e. The molecule has 1 unspecified atom stereocenters. The Morgan fingerprint density at radius 1 is 1.12 bits per heavy atom. The maximum absolute atomic E-state index is 12.7. The third-order valence-corrected chi connectivity index (χ3v) is 4.57. The summed E-state index contributed by atoms with van der Waals surface area (Å²) in [6.07, 6.45) is 4.79. The van der Waals surface area contributed by atoms with Crippen LogP contribution in [0.4, 0.5) is 4.79 Å². The van der Waals surface area contributed by atoms with Crippen LogP contribution in [-0.2, 0) is 9.59 Å². The van der Waals surface area contributed by atoms with E-state index in [1.54, 1.807) is 11.8 Å². The standard InChI is InChI=1S/C18H33N3O3/c1-7-8-9-10-11-18(6)16(23)20(17(24)19-18)12-15(22)21(13(2)3)14(4)5/h13-14H,7-12H2,1-6H3,(H,19,24). The number of rotatable bonds is 9. The first kappa shape index (κ1) is 20.5. The number of amides is 4. The van der Waals surface area contributed by atoms with E-state index in [2.05, 4.69) is 12.2 Å². The zero-order chi connectivity index (χ0) is 18.5. The predicted molar refractivity (Wildman–Crippen MR) is 94.5 cm³/mol. The molecule has 1 aliphatic heterocycles. The van der Waals surface area contributed by atoms with Gasteiger partial charge in [0.25, 0.3) is 5.91 Å². The van der Waals surface area contributed by atoms with Crippen molar-refractivity contribution >= 4 is 17.8 Å². The van der Waals surface area contributed by atoms with E-state index < -0.39 is 11.6 Å². The average Bonchev–Trinajstić information content (AvgIpc) is 2.67. The molecule has 0 saturated carbocycles. The fourth-order valence-corrected chi connectivity index (χ4v) is 3.35. The SMILES string of the molecule is CCCCCCC1(C)NC(=O)N(CC(=O)N(C(C)C)C(C)C)C1=O. The van der Waals surface area contributed by atoms with Gasteiger partial charge in [-0.3, -0.25) is 14.5 Å². The summed E-state index contributed by atoms with van der Waals surface area (Å²) >= 11 is 0. The Bertz CT molecular complexity index is 468. The summed E-state index contributed by atoms with van der Waals surface area (Å²) in [6.45, 7) is 11.4. The van der Waals surface area contributed by atoms with Crippen LogP contribution in [0.3, 0.4) is 0 Å². The summed E-state index contributed by atoms with van der Waals surface area (Å²) in [4.78, 5) is 40.2. The van der Waals surface area contributed by atoms with Crippen LogP contribution < -0.4 is 5.32 Å². The summed E-state index contributed by atoms with van der Waals surface area (Å²) in [5.74, 6) is -0.483. The number of urea groups is 1. The molecule has 1 fully saturated rings. The third kappa shape index (κ3) is 4.71. The topological polar surface area (TPSA) is 69.7 Å².